The zero-order valence-corrected chi connectivity index (χ0v) is 24.6. The first-order chi connectivity index (χ1) is 17.5. The van der Waals surface area contributed by atoms with Crippen molar-refractivity contribution >= 4 is 39.4 Å². The van der Waals surface area contributed by atoms with E-state index in [0.29, 0.717) is 30.5 Å². The Morgan fingerprint density at radius 2 is 1.89 bits per heavy atom. The van der Waals surface area contributed by atoms with Gasteiger partial charge in [-0.3, -0.25) is 9.59 Å². The van der Waals surface area contributed by atoms with Gasteiger partial charge < -0.3 is 14.9 Å². The molecule has 12 heteroatoms. The van der Waals surface area contributed by atoms with Gasteiger partial charge in [-0.1, -0.05) is 34.1 Å². The first-order valence-electron chi connectivity index (χ1n) is 13.1. The van der Waals surface area contributed by atoms with Gasteiger partial charge in [0.15, 0.2) is 0 Å². The summed E-state index contributed by atoms with van der Waals surface area (Å²) in [6.07, 6.45) is 0.259. The molecule has 38 heavy (non-hydrogen) atoms. The lowest BCUT2D eigenvalue weighted by molar-refractivity contribution is -0.154. The second-order valence-corrected chi connectivity index (χ2v) is 13.9. The Hall–Kier alpha value is -1.70. The number of thiazole rings is 1. The van der Waals surface area contributed by atoms with Crippen molar-refractivity contribution in [1.29, 1.82) is 0 Å². The van der Waals surface area contributed by atoms with Gasteiger partial charge in [0.1, 0.15) is 11.9 Å². The molecule has 2 aliphatic heterocycles. The number of nitrogens with two attached hydrogens (primary N) is 1. The van der Waals surface area contributed by atoms with Crippen LogP contribution in [0.1, 0.15) is 77.4 Å². The number of fused-ring (bicyclic) bond motifs is 1. The molecule has 3 heterocycles. The third kappa shape index (κ3) is 7.08. The number of ketones is 1. The van der Waals surface area contributed by atoms with Crippen LogP contribution >= 0.6 is 11.3 Å². The summed E-state index contributed by atoms with van der Waals surface area (Å²) in [5.41, 5.74) is 0.0953. The molecule has 1 aromatic rings. The topological polar surface area (TPSA) is 160 Å². The highest BCUT2D eigenvalue weighted by Crippen LogP contribution is 2.40. The van der Waals surface area contributed by atoms with E-state index in [2.05, 4.69) is 4.98 Å². The van der Waals surface area contributed by atoms with E-state index in [-0.39, 0.29) is 24.2 Å². The Bertz CT molecular complexity index is 1160. The van der Waals surface area contributed by atoms with E-state index in [4.69, 9.17) is 9.88 Å². The SMILES string of the molecule is C/C(=C\c1csc(C)n1)[C@@H]1C[C@H]2[C@@H](CCC[C@H](C)[C@H](O)[C@@H](C)C(=O)C(C)(C)[C@@H](O)CC(=O)O1)N2S(N)(=O)=O. The average molecular weight is 572 g/mol. The molecule has 0 aromatic carbocycles. The number of rotatable bonds is 3. The molecular weight excluding hydrogens is 530 g/mol. The maximum Gasteiger partial charge on any atom is 0.309 e. The van der Waals surface area contributed by atoms with E-state index in [9.17, 15) is 28.2 Å². The van der Waals surface area contributed by atoms with Gasteiger partial charge in [0.05, 0.1) is 34.7 Å². The zero-order chi connectivity index (χ0) is 28.6. The molecule has 2 aliphatic rings. The molecule has 0 bridgehead atoms. The molecule has 8 atom stereocenters. The summed E-state index contributed by atoms with van der Waals surface area (Å²) < 4.78 is 31.6. The minimum absolute atomic E-state index is 0.200. The first kappa shape index (κ1) is 30.8. The lowest BCUT2D eigenvalue weighted by atomic mass is 9.73. The summed E-state index contributed by atoms with van der Waals surface area (Å²) in [6, 6.07) is -0.792. The number of carbonyl (C=O) groups excluding carboxylic acids is 2. The van der Waals surface area contributed by atoms with E-state index < -0.39 is 58.3 Å². The first-order valence-corrected chi connectivity index (χ1v) is 15.4. The lowest BCUT2D eigenvalue weighted by Crippen LogP contribution is -2.45. The number of aliphatic hydroxyl groups excluding tert-OH is 2. The second kappa shape index (κ2) is 11.8. The van der Waals surface area contributed by atoms with Crippen LogP contribution in [0.3, 0.4) is 0 Å². The number of Topliss-reactive ketones (excluding diaryl/α,β-unsaturated/α-hetero) is 1. The Kier molecular flexibility index (Phi) is 9.58. The molecule has 2 saturated heterocycles. The van der Waals surface area contributed by atoms with E-state index >= 15 is 0 Å². The molecule has 0 spiro atoms. The van der Waals surface area contributed by atoms with Gasteiger partial charge in [0.25, 0.3) is 10.2 Å². The van der Waals surface area contributed by atoms with Crippen LogP contribution in [0.25, 0.3) is 6.08 Å². The van der Waals surface area contributed by atoms with Crippen LogP contribution in [0.2, 0.25) is 0 Å². The van der Waals surface area contributed by atoms with Gasteiger partial charge in [-0.25, -0.2) is 10.1 Å². The molecule has 3 rings (SSSR count). The number of aliphatic hydroxyl groups is 2. The number of cyclic esters (lactones) is 1. The minimum Gasteiger partial charge on any atom is -0.458 e. The van der Waals surface area contributed by atoms with Crippen LogP contribution < -0.4 is 5.14 Å². The monoisotopic (exact) mass is 571 g/mol. The number of carbonyl (C=O) groups is 2. The maximum absolute atomic E-state index is 13.2. The molecular formula is C26H41N3O7S2. The highest BCUT2D eigenvalue weighted by molar-refractivity contribution is 7.87. The van der Waals surface area contributed by atoms with Gasteiger partial charge in [0.2, 0.25) is 0 Å². The molecule has 4 N–H and O–H groups in total. The van der Waals surface area contributed by atoms with Crippen molar-refractivity contribution in [1.82, 2.24) is 9.29 Å². The van der Waals surface area contributed by atoms with E-state index in [1.54, 1.807) is 33.8 Å². The molecule has 0 radical (unpaired) electrons. The molecule has 1 unspecified atom stereocenters. The number of hydrogen-bond acceptors (Lipinski definition) is 9. The van der Waals surface area contributed by atoms with E-state index in [1.165, 1.54) is 15.6 Å². The maximum atomic E-state index is 13.2. The van der Waals surface area contributed by atoms with Crippen molar-refractivity contribution < 1.29 is 33.0 Å². The van der Waals surface area contributed by atoms with Crippen molar-refractivity contribution in [3.63, 3.8) is 0 Å². The van der Waals surface area contributed by atoms with E-state index in [1.807, 2.05) is 19.2 Å². The standard InChI is InChI=1S/C26H41N3O7S2/c1-14-8-7-9-19-20(29(19)38(27,34)35)11-21(15(2)10-18-13-37-17(4)28-18)36-23(31)12-22(30)26(5,6)25(33)16(3)24(14)32/h10,13-14,16,19-22,24,30,32H,7-9,11-12H2,1-6H3,(H2,27,34,35)/b15-10+/t14-,16+,19+,20-,21-,22-,24-,29?/m0/s1. The van der Waals surface area contributed by atoms with Crippen molar-refractivity contribution in [2.75, 3.05) is 0 Å². The van der Waals surface area contributed by atoms with Crippen LogP contribution in [-0.2, 0) is 24.5 Å². The quantitative estimate of drug-likeness (QED) is 0.369. The second-order valence-electron chi connectivity index (χ2n) is 11.4. The van der Waals surface area contributed by atoms with Crippen LogP contribution in [0.15, 0.2) is 11.0 Å². The third-order valence-electron chi connectivity index (χ3n) is 8.05. The molecule has 0 saturated carbocycles. The van der Waals surface area contributed by atoms with Crippen molar-refractivity contribution in [2.45, 2.75) is 104 Å². The fourth-order valence-electron chi connectivity index (χ4n) is 5.42. The fraction of sp³-hybridized carbons (Fsp3) is 0.731. The van der Waals surface area contributed by atoms with Crippen LogP contribution in [0.5, 0.6) is 0 Å². The van der Waals surface area contributed by atoms with Gasteiger partial charge >= 0.3 is 5.97 Å². The number of hydrogen-bond donors (Lipinski definition) is 3. The molecule has 0 aliphatic carbocycles. The van der Waals surface area contributed by atoms with Crippen molar-refractivity contribution in [2.24, 2.45) is 22.4 Å². The highest BCUT2D eigenvalue weighted by atomic mass is 32.2. The third-order valence-corrected chi connectivity index (χ3v) is 9.97. The van der Waals surface area contributed by atoms with Gasteiger partial charge in [0, 0.05) is 29.8 Å². The molecule has 2 fully saturated rings. The number of aryl methyl sites for hydroxylation is 1. The molecule has 1 aromatic heterocycles. The van der Waals surface area contributed by atoms with Crippen LogP contribution in [0, 0.1) is 24.2 Å². The van der Waals surface area contributed by atoms with Crippen molar-refractivity contribution in [3.05, 3.63) is 21.7 Å². The average Bonchev–Trinajstić information content (AvgIpc) is 3.36. The lowest BCUT2D eigenvalue weighted by Gasteiger charge is -2.34. The van der Waals surface area contributed by atoms with E-state index in [0.717, 1.165) is 5.01 Å². The normalized spacial score (nSPS) is 35.9. The molecule has 0 amide bonds. The number of nitrogens with zero attached hydrogens (tertiary/aromatic N) is 2. The number of esters is 1. The Morgan fingerprint density at radius 1 is 1.24 bits per heavy atom. The number of aromatic nitrogens is 1. The van der Waals surface area contributed by atoms with Gasteiger partial charge in [-0.05, 0) is 44.3 Å². The van der Waals surface area contributed by atoms with Gasteiger partial charge in [-0.2, -0.15) is 12.7 Å². The Balaban J connectivity index is 1.94. The summed E-state index contributed by atoms with van der Waals surface area (Å²) in [6.45, 7) is 10.3. The smallest absolute Gasteiger partial charge is 0.309 e. The predicted octanol–water partition coefficient (Wildman–Crippen LogP) is 2.58. The Labute approximate surface area is 229 Å². The zero-order valence-electron chi connectivity index (χ0n) is 23.0. The summed E-state index contributed by atoms with van der Waals surface area (Å²) in [4.78, 5) is 30.7. The summed E-state index contributed by atoms with van der Waals surface area (Å²) in [5.74, 6) is -2.02. The van der Waals surface area contributed by atoms with Crippen LogP contribution in [-0.4, -0.2) is 70.1 Å². The number of ether oxygens (including phenoxy) is 1. The van der Waals surface area contributed by atoms with Crippen LogP contribution in [0.4, 0.5) is 0 Å². The molecule has 10 nitrogen and oxygen atoms in total. The van der Waals surface area contributed by atoms with Crippen molar-refractivity contribution in [3.8, 4) is 0 Å². The highest BCUT2D eigenvalue weighted by Gasteiger charge is 2.54. The Morgan fingerprint density at radius 3 is 2.47 bits per heavy atom. The largest absolute Gasteiger partial charge is 0.458 e. The predicted molar refractivity (Wildman–Crippen MR) is 145 cm³/mol. The fourth-order valence-corrected chi connectivity index (χ4v) is 7.17. The summed E-state index contributed by atoms with van der Waals surface area (Å²) in [7, 11) is -3.97. The molecule has 214 valence electrons. The summed E-state index contributed by atoms with van der Waals surface area (Å²) >= 11 is 1.48. The van der Waals surface area contributed by atoms with Gasteiger partial charge in [-0.15, -0.1) is 11.3 Å². The summed E-state index contributed by atoms with van der Waals surface area (Å²) in [5, 5.41) is 30.0. The minimum atomic E-state index is -3.97.